The molecule has 0 amide bonds. The van der Waals surface area contributed by atoms with Gasteiger partial charge in [-0.1, -0.05) is 18.2 Å². The number of fused-ring (bicyclic) bond motifs is 1. The number of aliphatic hydroxyl groups excluding tert-OH is 1. The molecule has 170 valence electrons. The average Bonchev–Trinajstić information content (AvgIpc) is 3.34. The Morgan fingerprint density at radius 2 is 2.13 bits per heavy atom. The van der Waals surface area contributed by atoms with E-state index in [-0.39, 0.29) is 48.3 Å². The molecule has 1 unspecified atom stereocenters. The van der Waals surface area contributed by atoms with Crippen LogP contribution in [0, 0.1) is 5.41 Å². The molecule has 2 heterocycles. The number of nitrogens with zero attached hydrogens (tertiary/aromatic N) is 2. The zero-order valence-corrected chi connectivity index (χ0v) is 20.6. The van der Waals surface area contributed by atoms with Crippen molar-refractivity contribution in [2.75, 3.05) is 56.1 Å². The van der Waals surface area contributed by atoms with E-state index in [1.54, 1.807) is 0 Å². The van der Waals surface area contributed by atoms with Crippen LogP contribution in [0.5, 0.6) is 0 Å². The molecule has 3 N–H and O–H groups in total. The van der Waals surface area contributed by atoms with Gasteiger partial charge >= 0.3 is 0 Å². The summed E-state index contributed by atoms with van der Waals surface area (Å²) >= 11 is 0. The highest BCUT2D eigenvalue weighted by Gasteiger charge is 2.34. The Morgan fingerprint density at radius 1 is 1.33 bits per heavy atom. The van der Waals surface area contributed by atoms with Gasteiger partial charge < -0.3 is 20.5 Å². The first-order valence-corrected chi connectivity index (χ1v) is 11.9. The van der Waals surface area contributed by atoms with E-state index >= 15 is 0 Å². The van der Waals surface area contributed by atoms with Gasteiger partial charge in [-0.2, -0.15) is 0 Å². The monoisotopic (exact) mass is 552 g/mol. The minimum absolute atomic E-state index is 0. The largest absolute Gasteiger partial charge is 0.396 e. The van der Waals surface area contributed by atoms with Crippen molar-refractivity contribution in [2.45, 2.75) is 26.2 Å². The molecule has 8 nitrogen and oxygen atoms in total. The van der Waals surface area contributed by atoms with E-state index in [0.29, 0.717) is 45.2 Å². The Hall–Kier alpha value is -1.11. The molecule has 30 heavy (non-hydrogen) atoms. The predicted octanol–water partition coefficient (Wildman–Crippen LogP) is 1.34. The van der Waals surface area contributed by atoms with Gasteiger partial charge in [-0.3, -0.25) is 9.30 Å². The summed E-state index contributed by atoms with van der Waals surface area (Å²) in [7, 11) is -3.40. The summed E-state index contributed by atoms with van der Waals surface area (Å²) in [4.78, 5) is 4.63. The maximum absolute atomic E-state index is 12.8. The van der Waals surface area contributed by atoms with Crippen molar-refractivity contribution in [2.24, 2.45) is 10.4 Å². The molecule has 1 aromatic rings. The molecular weight excluding hydrogens is 519 g/mol. The van der Waals surface area contributed by atoms with Gasteiger partial charge in [-0.25, -0.2) is 8.42 Å². The number of hydrogen-bond donors (Lipinski definition) is 3. The third kappa shape index (κ3) is 6.21. The number of ether oxygens (including phenoxy) is 1. The molecule has 0 radical (unpaired) electrons. The lowest BCUT2D eigenvalue weighted by Crippen LogP contribution is -2.42. The molecule has 3 rings (SSSR count). The molecule has 0 bridgehead atoms. The summed E-state index contributed by atoms with van der Waals surface area (Å²) in [5, 5.41) is 15.7. The van der Waals surface area contributed by atoms with Gasteiger partial charge in [0.05, 0.1) is 24.6 Å². The molecule has 1 fully saturated rings. The number of benzene rings is 1. The van der Waals surface area contributed by atoms with Gasteiger partial charge in [0.25, 0.3) is 0 Å². The Kier molecular flexibility index (Phi) is 9.64. The van der Waals surface area contributed by atoms with Gasteiger partial charge in [0.15, 0.2) is 5.96 Å². The number of para-hydroxylation sites is 1. The van der Waals surface area contributed by atoms with Crippen molar-refractivity contribution in [3.05, 3.63) is 29.8 Å². The van der Waals surface area contributed by atoms with E-state index in [4.69, 9.17) is 4.74 Å². The molecule has 0 spiro atoms. The van der Waals surface area contributed by atoms with E-state index in [1.165, 1.54) is 4.31 Å². The van der Waals surface area contributed by atoms with E-state index in [2.05, 4.69) is 15.6 Å². The summed E-state index contributed by atoms with van der Waals surface area (Å²) in [5.74, 6) is 0.588. The minimum atomic E-state index is -3.40. The number of rotatable bonds is 9. The lowest BCUT2D eigenvalue weighted by atomic mass is 9.84. The summed E-state index contributed by atoms with van der Waals surface area (Å²) in [6.45, 7) is 5.36. The van der Waals surface area contributed by atoms with E-state index < -0.39 is 10.0 Å². The fourth-order valence-corrected chi connectivity index (χ4v) is 5.31. The summed E-state index contributed by atoms with van der Waals surface area (Å²) in [5.41, 5.74) is 1.73. The van der Waals surface area contributed by atoms with Gasteiger partial charge in [-0.05, 0) is 37.8 Å². The molecule has 2 aliphatic rings. The van der Waals surface area contributed by atoms with Crippen LogP contribution in [0.25, 0.3) is 0 Å². The van der Waals surface area contributed by atoms with Crippen molar-refractivity contribution in [1.29, 1.82) is 0 Å². The molecule has 1 aromatic carbocycles. The molecule has 0 saturated carbocycles. The fourth-order valence-electron chi connectivity index (χ4n) is 3.88. The second-order valence-corrected chi connectivity index (χ2v) is 9.68. The van der Waals surface area contributed by atoms with Crippen LogP contribution in [-0.4, -0.2) is 71.2 Å². The van der Waals surface area contributed by atoms with Gasteiger partial charge in [0.2, 0.25) is 10.0 Å². The molecule has 1 saturated heterocycles. The Labute approximate surface area is 196 Å². The molecule has 10 heteroatoms. The first kappa shape index (κ1) is 25.2. The number of anilines is 1. The quantitative estimate of drug-likeness (QED) is 0.243. The van der Waals surface area contributed by atoms with E-state index in [9.17, 15) is 13.5 Å². The lowest BCUT2D eigenvalue weighted by molar-refractivity contribution is 0.131. The highest BCUT2D eigenvalue weighted by atomic mass is 127. The van der Waals surface area contributed by atoms with Crippen molar-refractivity contribution in [1.82, 2.24) is 10.6 Å². The van der Waals surface area contributed by atoms with Gasteiger partial charge in [-0.15, -0.1) is 24.0 Å². The van der Waals surface area contributed by atoms with Crippen LogP contribution in [0.3, 0.4) is 0 Å². The Bertz CT molecular complexity index is 813. The number of aliphatic imine (C=N–C) groups is 1. The number of sulfonamides is 1. The Balaban J connectivity index is 0.00000320. The molecular formula is C20H33IN4O4S. The van der Waals surface area contributed by atoms with E-state index in [0.717, 1.165) is 24.1 Å². The Morgan fingerprint density at radius 3 is 2.83 bits per heavy atom. The van der Waals surface area contributed by atoms with Gasteiger partial charge in [0, 0.05) is 38.3 Å². The highest BCUT2D eigenvalue weighted by molar-refractivity contribution is 14.0. The second-order valence-electron chi connectivity index (χ2n) is 7.66. The highest BCUT2D eigenvalue weighted by Crippen LogP contribution is 2.32. The number of aliphatic hydroxyl groups is 1. The van der Waals surface area contributed by atoms with Crippen molar-refractivity contribution in [3.63, 3.8) is 0 Å². The predicted molar refractivity (Wildman–Crippen MR) is 130 cm³/mol. The van der Waals surface area contributed by atoms with Crippen LogP contribution in [-0.2, 0) is 21.2 Å². The number of nitrogens with one attached hydrogen (secondary N) is 2. The average molecular weight is 552 g/mol. The smallest absolute Gasteiger partial charge is 0.236 e. The normalized spacial score (nSPS) is 21.3. The first-order valence-electron chi connectivity index (χ1n) is 10.3. The fraction of sp³-hybridized carbons (Fsp3) is 0.650. The summed E-state index contributed by atoms with van der Waals surface area (Å²) in [6, 6.07) is 7.65. The SMILES string of the molecule is CCNC(=NCC1(CCO)CCOC1)NCCS(=O)(=O)N1CCc2ccccc21.I. The maximum atomic E-state index is 12.8. The minimum Gasteiger partial charge on any atom is -0.396 e. The third-order valence-electron chi connectivity index (χ3n) is 5.58. The van der Waals surface area contributed by atoms with Crippen LogP contribution >= 0.6 is 24.0 Å². The van der Waals surface area contributed by atoms with Crippen LogP contribution in [0.4, 0.5) is 5.69 Å². The molecule has 1 atom stereocenters. The van der Waals surface area contributed by atoms with Crippen molar-refractivity contribution in [3.8, 4) is 0 Å². The van der Waals surface area contributed by atoms with Crippen LogP contribution in [0.15, 0.2) is 29.3 Å². The van der Waals surface area contributed by atoms with Crippen molar-refractivity contribution >= 4 is 45.6 Å². The lowest BCUT2D eigenvalue weighted by Gasteiger charge is -2.25. The third-order valence-corrected chi connectivity index (χ3v) is 7.35. The van der Waals surface area contributed by atoms with Crippen LogP contribution in [0.2, 0.25) is 0 Å². The van der Waals surface area contributed by atoms with Gasteiger partial charge in [0.1, 0.15) is 0 Å². The number of hydrogen-bond acceptors (Lipinski definition) is 5. The number of guanidine groups is 1. The van der Waals surface area contributed by atoms with E-state index in [1.807, 2.05) is 31.2 Å². The van der Waals surface area contributed by atoms with Crippen molar-refractivity contribution < 1.29 is 18.3 Å². The molecule has 0 aliphatic carbocycles. The van der Waals surface area contributed by atoms with Crippen LogP contribution in [0.1, 0.15) is 25.3 Å². The molecule has 2 aliphatic heterocycles. The summed E-state index contributed by atoms with van der Waals surface area (Å²) in [6.07, 6.45) is 2.28. The standard InChI is InChI=1S/C20H32N4O4S.HI/c1-2-21-19(23-15-20(8-12-25)9-13-28-16-20)22-10-14-29(26,27)24-11-7-17-5-3-4-6-18(17)24;/h3-6,25H,2,7-16H2,1H3,(H2,21,22,23);1H. The molecule has 0 aromatic heterocycles. The zero-order chi connectivity index (χ0) is 20.7. The topological polar surface area (TPSA) is 103 Å². The maximum Gasteiger partial charge on any atom is 0.236 e. The number of halogens is 1. The first-order chi connectivity index (χ1) is 14.0. The van der Waals surface area contributed by atoms with Crippen LogP contribution < -0.4 is 14.9 Å². The second kappa shape index (κ2) is 11.5. The summed E-state index contributed by atoms with van der Waals surface area (Å²) < 4.78 is 32.7. The zero-order valence-electron chi connectivity index (χ0n) is 17.5.